The molecule has 0 saturated carbocycles. The largest absolute Gasteiger partial charge is 0.395 e. The summed E-state index contributed by atoms with van der Waals surface area (Å²) in [7, 11) is 0. The van der Waals surface area contributed by atoms with Gasteiger partial charge in [-0.3, -0.25) is 0 Å². The minimum Gasteiger partial charge on any atom is -0.395 e. The number of ether oxygens (including phenoxy) is 1. The lowest BCUT2D eigenvalue weighted by atomic mass is 10.1. The molecule has 0 aromatic rings. The molecule has 1 heterocycles. The molecule has 3 nitrogen and oxygen atoms in total. The van der Waals surface area contributed by atoms with E-state index in [0.29, 0.717) is 5.92 Å². The Labute approximate surface area is 80.5 Å². The van der Waals surface area contributed by atoms with Crippen LogP contribution >= 0.6 is 0 Å². The highest BCUT2D eigenvalue weighted by Gasteiger charge is 2.24. The van der Waals surface area contributed by atoms with Crippen LogP contribution in [0.4, 0.5) is 0 Å². The highest BCUT2D eigenvalue weighted by atomic mass is 16.5. The monoisotopic (exact) mass is 187 g/mol. The fraction of sp³-hybridized carbons (Fsp3) is 1.00. The van der Waals surface area contributed by atoms with Gasteiger partial charge in [0.15, 0.2) is 0 Å². The Kier molecular flexibility index (Phi) is 4.70. The number of rotatable bonds is 5. The minimum absolute atomic E-state index is 0.130. The second-order valence-electron chi connectivity index (χ2n) is 4.14. The lowest BCUT2D eigenvalue weighted by Gasteiger charge is -2.23. The smallest absolute Gasteiger partial charge is 0.0751 e. The van der Waals surface area contributed by atoms with Crippen molar-refractivity contribution in [2.45, 2.75) is 38.8 Å². The maximum absolute atomic E-state index is 9.16. The van der Waals surface area contributed by atoms with Crippen LogP contribution in [-0.2, 0) is 4.74 Å². The minimum atomic E-state index is 0.130. The number of nitrogens with one attached hydrogen (secondary N) is 1. The summed E-state index contributed by atoms with van der Waals surface area (Å²) < 4.78 is 5.52. The normalized spacial score (nSPS) is 25.4. The van der Waals surface area contributed by atoms with Gasteiger partial charge in [0.2, 0.25) is 0 Å². The summed E-state index contributed by atoms with van der Waals surface area (Å²) in [6.07, 6.45) is 2.43. The van der Waals surface area contributed by atoms with Crippen LogP contribution in [0.5, 0.6) is 0 Å². The van der Waals surface area contributed by atoms with Gasteiger partial charge in [-0.2, -0.15) is 0 Å². The van der Waals surface area contributed by atoms with Crippen molar-refractivity contribution >= 4 is 0 Å². The van der Waals surface area contributed by atoms with E-state index in [1.165, 1.54) is 0 Å². The quantitative estimate of drug-likeness (QED) is 0.668. The maximum Gasteiger partial charge on any atom is 0.0751 e. The molecule has 0 spiro atoms. The molecule has 1 fully saturated rings. The zero-order chi connectivity index (χ0) is 9.68. The highest BCUT2D eigenvalue weighted by Crippen LogP contribution is 2.15. The summed E-state index contributed by atoms with van der Waals surface area (Å²) >= 11 is 0. The molecule has 0 aromatic heterocycles. The molecule has 0 aliphatic carbocycles. The van der Waals surface area contributed by atoms with Crippen LogP contribution in [0.15, 0.2) is 0 Å². The molecule has 1 rings (SSSR count). The molecule has 1 saturated heterocycles. The van der Waals surface area contributed by atoms with Gasteiger partial charge in [-0.15, -0.1) is 0 Å². The average molecular weight is 187 g/mol. The van der Waals surface area contributed by atoms with Gasteiger partial charge >= 0.3 is 0 Å². The molecule has 2 unspecified atom stereocenters. The van der Waals surface area contributed by atoms with Gasteiger partial charge in [-0.05, 0) is 25.3 Å². The van der Waals surface area contributed by atoms with Crippen molar-refractivity contribution in [3.8, 4) is 0 Å². The first-order valence-electron chi connectivity index (χ1n) is 5.20. The first-order valence-corrected chi connectivity index (χ1v) is 5.20. The van der Waals surface area contributed by atoms with E-state index in [-0.39, 0.29) is 18.8 Å². The van der Waals surface area contributed by atoms with E-state index in [4.69, 9.17) is 9.84 Å². The second kappa shape index (κ2) is 5.58. The summed E-state index contributed by atoms with van der Waals surface area (Å²) in [5.74, 6) is 0.621. The third-order valence-electron chi connectivity index (χ3n) is 2.40. The molecule has 2 atom stereocenters. The zero-order valence-electron chi connectivity index (χ0n) is 8.62. The van der Waals surface area contributed by atoms with Crippen LogP contribution in [0.1, 0.15) is 26.7 Å². The molecular formula is C10H21NO2. The van der Waals surface area contributed by atoms with Crippen LogP contribution in [-0.4, -0.2) is 37.0 Å². The van der Waals surface area contributed by atoms with E-state index in [1.807, 2.05) is 0 Å². The molecule has 3 heteroatoms. The Bertz CT molecular complexity index is 133. The van der Waals surface area contributed by atoms with E-state index < -0.39 is 0 Å². The van der Waals surface area contributed by atoms with Crippen molar-refractivity contribution in [3.05, 3.63) is 0 Å². The van der Waals surface area contributed by atoms with Gasteiger partial charge < -0.3 is 15.2 Å². The van der Waals surface area contributed by atoms with Gasteiger partial charge in [0.05, 0.1) is 18.8 Å². The number of aliphatic hydroxyl groups is 1. The van der Waals surface area contributed by atoms with Gasteiger partial charge in [0.25, 0.3) is 0 Å². The molecule has 0 bridgehead atoms. The van der Waals surface area contributed by atoms with Crippen molar-refractivity contribution < 1.29 is 9.84 Å². The Balaban J connectivity index is 2.24. The predicted molar refractivity (Wildman–Crippen MR) is 52.7 cm³/mol. The zero-order valence-corrected chi connectivity index (χ0v) is 8.62. The molecule has 1 aliphatic heterocycles. The second-order valence-corrected chi connectivity index (χ2v) is 4.14. The summed E-state index contributed by atoms with van der Waals surface area (Å²) in [4.78, 5) is 0. The molecule has 1 aliphatic rings. The van der Waals surface area contributed by atoms with Crippen LogP contribution in [0.2, 0.25) is 0 Å². The van der Waals surface area contributed by atoms with E-state index in [1.54, 1.807) is 0 Å². The fourth-order valence-electron chi connectivity index (χ4n) is 1.62. The molecule has 0 aromatic carbocycles. The van der Waals surface area contributed by atoms with Crippen molar-refractivity contribution in [2.75, 3.05) is 19.8 Å². The fourth-order valence-corrected chi connectivity index (χ4v) is 1.62. The standard InChI is InChI=1S/C10H21NO2/c1-8(2)6-11-9(7-12)10-4-3-5-13-10/h8-12H,3-7H2,1-2H3. The molecule has 0 radical (unpaired) electrons. The number of hydrogen-bond donors (Lipinski definition) is 2. The first kappa shape index (κ1) is 11.0. The third-order valence-corrected chi connectivity index (χ3v) is 2.40. The number of hydrogen-bond acceptors (Lipinski definition) is 3. The topological polar surface area (TPSA) is 41.5 Å². The van der Waals surface area contributed by atoms with Gasteiger partial charge in [0.1, 0.15) is 0 Å². The van der Waals surface area contributed by atoms with Crippen molar-refractivity contribution in [1.29, 1.82) is 0 Å². The van der Waals surface area contributed by atoms with E-state index in [9.17, 15) is 0 Å². The predicted octanol–water partition coefficient (Wildman–Crippen LogP) is 0.772. The third kappa shape index (κ3) is 3.63. The Morgan fingerprint density at radius 1 is 1.54 bits per heavy atom. The van der Waals surface area contributed by atoms with Gasteiger partial charge in [-0.25, -0.2) is 0 Å². The van der Waals surface area contributed by atoms with Crippen LogP contribution in [0.25, 0.3) is 0 Å². The van der Waals surface area contributed by atoms with Crippen LogP contribution in [0, 0.1) is 5.92 Å². The molecule has 78 valence electrons. The highest BCUT2D eigenvalue weighted by molar-refractivity contribution is 4.79. The van der Waals surface area contributed by atoms with Crippen molar-refractivity contribution in [1.82, 2.24) is 5.32 Å². The Morgan fingerprint density at radius 2 is 2.31 bits per heavy atom. The van der Waals surface area contributed by atoms with E-state index in [2.05, 4.69) is 19.2 Å². The van der Waals surface area contributed by atoms with Crippen molar-refractivity contribution in [2.24, 2.45) is 5.92 Å². The van der Waals surface area contributed by atoms with Crippen molar-refractivity contribution in [3.63, 3.8) is 0 Å². The van der Waals surface area contributed by atoms with Gasteiger partial charge in [-0.1, -0.05) is 13.8 Å². The average Bonchev–Trinajstić information content (AvgIpc) is 2.58. The van der Waals surface area contributed by atoms with Gasteiger partial charge in [0, 0.05) is 6.61 Å². The van der Waals surface area contributed by atoms with Crippen LogP contribution in [0.3, 0.4) is 0 Å². The summed E-state index contributed by atoms with van der Waals surface area (Å²) in [5.41, 5.74) is 0. The molecule has 2 N–H and O–H groups in total. The SMILES string of the molecule is CC(C)CNC(CO)C1CCCO1. The lowest BCUT2D eigenvalue weighted by molar-refractivity contribution is 0.0546. The Morgan fingerprint density at radius 3 is 2.77 bits per heavy atom. The maximum atomic E-state index is 9.16. The lowest BCUT2D eigenvalue weighted by Crippen LogP contribution is -2.43. The van der Waals surface area contributed by atoms with E-state index >= 15 is 0 Å². The van der Waals surface area contributed by atoms with E-state index in [0.717, 1.165) is 26.0 Å². The summed E-state index contributed by atoms with van der Waals surface area (Å²) in [6.45, 7) is 6.31. The first-order chi connectivity index (χ1) is 6.24. The Hall–Kier alpha value is -0.120. The molecule has 0 amide bonds. The summed E-state index contributed by atoms with van der Waals surface area (Å²) in [6, 6.07) is 0.130. The molecule has 13 heavy (non-hydrogen) atoms. The molecular weight excluding hydrogens is 166 g/mol. The number of aliphatic hydroxyl groups excluding tert-OH is 1. The summed E-state index contributed by atoms with van der Waals surface area (Å²) in [5, 5.41) is 12.5. The van der Waals surface area contributed by atoms with Crippen LogP contribution < -0.4 is 5.32 Å².